The van der Waals surface area contributed by atoms with Gasteiger partial charge >= 0.3 is 5.88 Å². The highest BCUT2D eigenvalue weighted by molar-refractivity contribution is 5.96. The van der Waals surface area contributed by atoms with Crippen molar-refractivity contribution >= 4 is 11.8 Å². The van der Waals surface area contributed by atoms with Crippen LogP contribution < -0.4 is 19.9 Å². The molecule has 156 valence electrons. The number of rotatable bonds is 3. The number of nitrogens with one attached hydrogen (secondary N) is 1. The molecule has 2 aromatic rings. The Morgan fingerprint density at radius 1 is 1.24 bits per heavy atom. The highest BCUT2D eigenvalue weighted by atomic mass is 16.5. The summed E-state index contributed by atoms with van der Waals surface area (Å²) in [6, 6.07) is 0. The molecule has 1 amide bonds. The first-order valence-corrected chi connectivity index (χ1v) is 9.84. The lowest BCUT2D eigenvalue weighted by atomic mass is 9.86. The predicted molar refractivity (Wildman–Crippen MR) is 104 cm³/mol. The molecule has 1 aromatic carbocycles. The van der Waals surface area contributed by atoms with E-state index in [1.807, 2.05) is 25.8 Å². The van der Waals surface area contributed by atoms with Gasteiger partial charge in [0.05, 0.1) is 31.1 Å². The number of hydrogen-bond donors (Lipinski definition) is 2. The first kappa shape index (κ1) is 19.5. The molecule has 2 N–H and O–H groups in total. The molecule has 4 rings (SSSR count). The van der Waals surface area contributed by atoms with Crippen LogP contribution in [0.4, 0.5) is 5.88 Å². The third-order valence-electron chi connectivity index (χ3n) is 5.97. The molecule has 0 spiro atoms. The third-order valence-corrected chi connectivity index (χ3v) is 5.97. The Bertz CT molecular complexity index is 951. The Kier molecular flexibility index (Phi) is 4.85. The number of aromatic nitrogens is 2. The monoisotopic (exact) mass is 403 g/mol. The number of ether oxygens (including phenoxy) is 2. The number of phenolic OH excluding ortho intramolecular Hbond substituents is 1. The third kappa shape index (κ3) is 3.39. The Labute approximate surface area is 169 Å². The van der Waals surface area contributed by atoms with E-state index >= 15 is 0 Å². The maximum Gasteiger partial charge on any atom is 0.305 e. The van der Waals surface area contributed by atoms with Gasteiger partial charge in [-0.1, -0.05) is 0 Å². The number of nitrogens with zero attached hydrogens (tertiary/aromatic N) is 3. The molecule has 0 saturated carbocycles. The average molecular weight is 403 g/mol. The van der Waals surface area contributed by atoms with Crippen molar-refractivity contribution in [2.45, 2.75) is 46.1 Å². The number of carbonyl (C=O) groups excluding carboxylic acids is 1. The minimum atomic E-state index is -1.05. The minimum absolute atomic E-state index is 0.256. The molecule has 0 radical (unpaired) electrons. The summed E-state index contributed by atoms with van der Waals surface area (Å²) in [6.07, 6.45) is 2.77. The lowest BCUT2D eigenvalue weighted by Crippen LogP contribution is -2.62. The fraction of sp³-hybridized carbons (Fsp3) is 0.550. The SMILES string of the molecule is Cc1c(C)c2c(c(C)c1O)CCC(C)(C(=O)Nc1c[n+](N3CCOCC3)no1)O2. The molecule has 2 aliphatic rings. The van der Waals surface area contributed by atoms with E-state index in [0.29, 0.717) is 50.6 Å². The Balaban J connectivity index is 1.52. The van der Waals surface area contributed by atoms with Crippen LogP contribution in [-0.4, -0.2) is 48.2 Å². The number of morpholine rings is 1. The van der Waals surface area contributed by atoms with Crippen molar-refractivity contribution in [3.05, 3.63) is 28.5 Å². The normalized spacial score (nSPS) is 21.4. The molecule has 1 atom stereocenters. The van der Waals surface area contributed by atoms with E-state index in [1.165, 1.54) is 0 Å². The van der Waals surface area contributed by atoms with Gasteiger partial charge in [-0.3, -0.25) is 14.6 Å². The molecule has 2 aliphatic heterocycles. The van der Waals surface area contributed by atoms with Gasteiger partial charge in [0, 0.05) is 12.0 Å². The summed E-state index contributed by atoms with van der Waals surface area (Å²) >= 11 is 0. The fourth-order valence-electron chi connectivity index (χ4n) is 3.84. The summed E-state index contributed by atoms with van der Waals surface area (Å²) in [7, 11) is 0. The van der Waals surface area contributed by atoms with Crippen LogP contribution in [0.5, 0.6) is 11.5 Å². The zero-order valence-corrected chi connectivity index (χ0v) is 17.2. The Morgan fingerprint density at radius 3 is 2.69 bits per heavy atom. The minimum Gasteiger partial charge on any atom is -0.507 e. The molecule has 1 aromatic heterocycles. The zero-order valence-electron chi connectivity index (χ0n) is 17.2. The van der Waals surface area contributed by atoms with Crippen molar-refractivity contribution in [3.8, 4) is 11.5 Å². The standard InChI is InChI=1S/C20H26N4O5/c1-12-13(2)18-15(14(3)17(12)25)5-6-20(4,28-18)19(26)21-16-11-24(22-29-16)23-7-9-27-10-8-23/h11H,5-10H2,1-4H3,(H-,21,22,25,26)/p+1. The molecule has 9 heteroatoms. The van der Waals surface area contributed by atoms with E-state index in [-0.39, 0.29) is 11.8 Å². The van der Waals surface area contributed by atoms with Gasteiger partial charge in [0.1, 0.15) is 11.5 Å². The Morgan fingerprint density at radius 2 is 1.97 bits per heavy atom. The summed E-state index contributed by atoms with van der Waals surface area (Å²) in [4.78, 5) is 14.6. The first-order valence-electron chi connectivity index (χ1n) is 9.84. The molecule has 9 nitrogen and oxygen atoms in total. The van der Waals surface area contributed by atoms with E-state index in [4.69, 9.17) is 14.0 Å². The Hall–Kier alpha value is -2.81. The first-order chi connectivity index (χ1) is 13.8. The molecular weight excluding hydrogens is 376 g/mol. The van der Waals surface area contributed by atoms with Crippen molar-refractivity contribution in [1.82, 2.24) is 5.27 Å². The van der Waals surface area contributed by atoms with Gasteiger partial charge in [-0.2, -0.15) is 0 Å². The number of benzene rings is 1. The van der Waals surface area contributed by atoms with Crippen molar-refractivity contribution < 1.29 is 28.7 Å². The number of aromatic hydroxyl groups is 1. The van der Waals surface area contributed by atoms with Crippen LogP contribution in [0.1, 0.15) is 35.6 Å². The average Bonchev–Trinajstić information content (AvgIpc) is 3.20. The highest BCUT2D eigenvalue weighted by Gasteiger charge is 2.41. The molecule has 1 fully saturated rings. The second-order valence-corrected chi connectivity index (χ2v) is 7.87. The van der Waals surface area contributed by atoms with Crippen molar-refractivity contribution in [2.24, 2.45) is 0 Å². The summed E-state index contributed by atoms with van der Waals surface area (Å²) in [5.74, 6) is 0.943. The molecule has 1 saturated heterocycles. The highest BCUT2D eigenvalue weighted by Crippen LogP contribution is 2.43. The van der Waals surface area contributed by atoms with E-state index in [2.05, 4.69) is 10.6 Å². The fourth-order valence-corrected chi connectivity index (χ4v) is 3.84. The predicted octanol–water partition coefficient (Wildman–Crippen LogP) is 1.28. The number of hydrogen-bond acceptors (Lipinski definition) is 7. The van der Waals surface area contributed by atoms with Gasteiger partial charge in [0.2, 0.25) is 5.27 Å². The second-order valence-electron chi connectivity index (χ2n) is 7.87. The molecule has 29 heavy (non-hydrogen) atoms. The van der Waals surface area contributed by atoms with Crippen molar-refractivity contribution in [1.29, 1.82) is 0 Å². The van der Waals surface area contributed by atoms with Crippen LogP contribution in [0.2, 0.25) is 0 Å². The quantitative estimate of drug-likeness (QED) is 0.745. The smallest absolute Gasteiger partial charge is 0.305 e. The largest absolute Gasteiger partial charge is 0.507 e. The molecule has 0 bridgehead atoms. The number of amides is 1. The number of carbonyl (C=O) groups is 1. The summed E-state index contributed by atoms with van der Waals surface area (Å²) in [5, 5.41) is 19.0. The van der Waals surface area contributed by atoms with Crippen molar-refractivity contribution in [3.63, 3.8) is 0 Å². The lowest BCUT2D eigenvalue weighted by Gasteiger charge is -2.36. The topological polar surface area (TPSA) is 101 Å². The number of anilines is 1. The van der Waals surface area contributed by atoms with Crippen LogP contribution in [0.25, 0.3) is 0 Å². The van der Waals surface area contributed by atoms with E-state index in [9.17, 15) is 9.90 Å². The summed E-state index contributed by atoms with van der Waals surface area (Å²) < 4.78 is 16.8. The zero-order chi connectivity index (χ0) is 20.8. The van der Waals surface area contributed by atoms with Crippen molar-refractivity contribution in [2.75, 3.05) is 36.6 Å². The second kappa shape index (κ2) is 7.22. The summed E-state index contributed by atoms with van der Waals surface area (Å²) in [6.45, 7) is 10.1. The lowest BCUT2D eigenvalue weighted by molar-refractivity contribution is -0.759. The van der Waals surface area contributed by atoms with Crippen LogP contribution in [-0.2, 0) is 16.0 Å². The maximum absolute atomic E-state index is 13.0. The van der Waals surface area contributed by atoms with Gasteiger partial charge in [-0.05, 0) is 50.8 Å². The maximum atomic E-state index is 13.0. The van der Waals surface area contributed by atoms with Gasteiger partial charge < -0.3 is 14.6 Å². The van der Waals surface area contributed by atoms with Crippen LogP contribution >= 0.6 is 0 Å². The molecule has 1 unspecified atom stereocenters. The molecule has 3 heterocycles. The summed E-state index contributed by atoms with van der Waals surface area (Å²) in [5.41, 5.74) is 2.34. The van der Waals surface area contributed by atoms with E-state index < -0.39 is 5.60 Å². The van der Waals surface area contributed by atoms with Crippen LogP contribution in [0, 0.1) is 20.8 Å². The number of fused-ring (bicyclic) bond motifs is 1. The molecular formula is C20H27N4O5+. The van der Waals surface area contributed by atoms with Gasteiger partial charge in [0.15, 0.2) is 5.60 Å². The van der Waals surface area contributed by atoms with Crippen LogP contribution in [0.15, 0.2) is 10.7 Å². The van der Waals surface area contributed by atoms with E-state index in [0.717, 1.165) is 22.3 Å². The van der Waals surface area contributed by atoms with Gasteiger partial charge in [-0.15, -0.1) is 5.01 Å². The van der Waals surface area contributed by atoms with E-state index in [1.54, 1.807) is 17.9 Å². The van der Waals surface area contributed by atoms with Crippen LogP contribution in [0.3, 0.4) is 0 Å². The number of phenols is 1. The van der Waals surface area contributed by atoms with Gasteiger partial charge in [0.25, 0.3) is 12.1 Å². The molecule has 0 aliphatic carbocycles. The van der Waals surface area contributed by atoms with Gasteiger partial charge in [-0.25, -0.2) is 0 Å².